The molecule has 0 aromatic carbocycles. The summed E-state index contributed by atoms with van der Waals surface area (Å²) < 4.78 is 0.874. The average Bonchev–Trinajstić information content (AvgIpc) is 2.29. The first-order valence-electron chi connectivity index (χ1n) is 5.11. The smallest absolute Gasteiger partial charge is 0.223 e. The Labute approximate surface area is 98.8 Å². The summed E-state index contributed by atoms with van der Waals surface area (Å²) in [4.78, 5) is 8.36. The summed E-state index contributed by atoms with van der Waals surface area (Å²) >= 11 is 3.30. The lowest BCUT2D eigenvalue weighted by molar-refractivity contribution is 0.442. The largest absolute Gasteiger partial charge is 0.348 e. The highest BCUT2D eigenvalue weighted by molar-refractivity contribution is 9.10. The van der Waals surface area contributed by atoms with Crippen LogP contribution in [0.3, 0.4) is 0 Å². The van der Waals surface area contributed by atoms with Crippen molar-refractivity contribution in [3.8, 4) is 0 Å². The number of nitrogens with zero attached hydrogens (tertiary/aromatic N) is 2. The fraction of sp³-hybridized carbons (Fsp3) is 0.600. The highest BCUT2D eigenvalue weighted by atomic mass is 79.9. The van der Waals surface area contributed by atoms with Crippen LogP contribution in [0.5, 0.6) is 0 Å². The molecule has 0 atom stereocenters. The van der Waals surface area contributed by atoms with Crippen molar-refractivity contribution in [2.24, 2.45) is 5.73 Å². The first-order valence-corrected chi connectivity index (χ1v) is 5.91. The van der Waals surface area contributed by atoms with Crippen molar-refractivity contribution in [3.63, 3.8) is 0 Å². The van der Waals surface area contributed by atoms with Crippen LogP contribution in [0.2, 0.25) is 0 Å². The molecule has 0 saturated carbocycles. The molecule has 0 unspecified atom stereocenters. The number of hydrogen-bond acceptors (Lipinski definition) is 4. The van der Waals surface area contributed by atoms with E-state index in [1.165, 1.54) is 0 Å². The van der Waals surface area contributed by atoms with E-state index in [0.29, 0.717) is 12.5 Å². The molecule has 0 saturated heterocycles. The van der Waals surface area contributed by atoms with Crippen molar-refractivity contribution in [1.82, 2.24) is 9.97 Å². The van der Waals surface area contributed by atoms with Crippen molar-refractivity contribution >= 4 is 21.9 Å². The Morgan fingerprint density at radius 2 is 1.87 bits per heavy atom. The van der Waals surface area contributed by atoms with Crippen LogP contribution in [0.25, 0.3) is 0 Å². The summed E-state index contributed by atoms with van der Waals surface area (Å²) in [5.74, 6) is 0.632. The minimum atomic E-state index is -0.0895. The maximum Gasteiger partial charge on any atom is 0.223 e. The molecule has 0 radical (unpaired) electrons. The SMILES string of the molecule is CCC(CC)(CN)Nc1ncc(Br)cn1. The Hall–Kier alpha value is -0.680. The topological polar surface area (TPSA) is 63.8 Å². The van der Waals surface area contributed by atoms with Gasteiger partial charge >= 0.3 is 0 Å². The third-order valence-corrected chi connectivity index (χ3v) is 3.15. The van der Waals surface area contributed by atoms with E-state index in [9.17, 15) is 0 Å². The zero-order chi connectivity index (χ0) is 11.3. The van der Waals surface area contributed by atoms with Crippen LogP contribution in [0.4, 0.5) is 5.95 Å². The van der Waals surface area contributed by atoms with E-state index in [0.717, 1.165) is 17.3 Å². The molecule has 1 rings (SSSR count). The summed E-state index contributed by atoms with van der Waals surface area (Å²) in [6, 6.07) is 0. The van der Waals surface area contributed by atoms with Crippen LogP contribution in [0.1, 0.15) is 26.7 Å². The molecule has 15 heavy (non-hydrogen) atoms. The maximum atomic E-state index is 5.78. The number of halogens is 1. The van der Waals surface area contributed by atoms with Gasteiger partial charge < -0.3 is 11.1 Å². The van der Waals surface area contributed by atoms with Crippen LogP contribution in [-0.4, -0.2) is 22.1 Å². The standard InChI is InChI=1S/C10H17BrN4/c1-3-10(4-2,7-12)15-9-13-5-8(11)6-14-9/h5-6H,3-4,7,12H2,1-2H3,(H,13,14,15). The normalized spacial score (nSPS) is 11.5. The molecule has 0 aliphatic rings. The molecule has 0 aliphatic carbocycles. The van der Waals surface area contributed by atoms with Crippen molar-refractivity contribution in [1.29, 1.82) is 0 Å². The number of rotatable bonds is 5. The van der Waals surface area contributed by atoms with Gasteiger partial charge in [0.15, 0.2) is 0 Å². The Balaban J connectivity index is 2.78. The highest BCUT2D eigenvalue weighted by Gasteiger charge is 2.24. The Kier molecular flexibility index (Phi) is 4.47. The van der Waals surface area contributed by atoms with Gasteiger partial charge in [0.1, 0.15) is 0 Å². The Bertz CT molecular complexity index is 287. The lowest BCUT2D eigenvalue weighted by atomic mass is 9.93. The number of nitrogens with one attached hydrogen (secondary N) is 1. The van der Waals surface area contributed by atoms with Crippen LogP contribution in [0.15, 0.2) is 16.9 Å². The summed E-state index contributed by atoms with van der Waals surface area (Å²) in [5.41, 5.74) is 5.69. The Morgan fingerprint density at radius 1 is 1.33 bits per heavy atom. The van der Waals surface area contributed by atoms with Gasteiger partial charge in [-0.05, 0) is 28.8 Å². The van der Waals surface area contributed by atoms with Crippen molar-refractivity contribution in [2.45, 2.75) is 32.2 Å². The lowest BCUT2D eigenvalue weighted by Gasteiger charge is -2.31. The van der Waals surface area contributed by atoms with Crippen LogP contribution in [0, 0.1) is 0 Å². The van der Waals surface area contributed by atoms with E-state index in [2.05, 4.69) is 45.1 Å². The third-order valence-electron chi connectivity index (χ3n) is 2.74. The number of aromatic nitrogens is 2. The summed E-state index contributed by atoms with van der Waals surface area (Å²) in [6.45, 7) is 4.81. The van der Waals surface area contributed by atoms with E-state index in [1.807, 2.05) is 0 Å². The van der Waals surface area contributed by atoms with Gasteiger partial charge in [-0.3, -0.25) is 0 Å². The third kappa shape index (κ3) is 3.14. The van der Waals surface area contributed by atoms with Crippen molar-refractivity contribution < 1.29 is 0 Å². The monoisotopic (exact) mass is 272 g/mol. The van der Waals surface area contributed by atoms with Gasteiger partial charge in [0, 0.05) is 18.9 Å². The molecule has 1 aromatic rings. The molecule has 3 N–H and O–H groups in total. The fourth-order valence-corrected chi connectivity index (χ4v) is 1.59. The van der Waals surface area contributed by atoms with Gasteiger partial charge in [0.25, 0.3) is 0 Å². The van der Waals surface area contributed by atoms with Crippen LogP contribution >= 0.6 is 15.9 Å². The van der Waals surface area contributed by atoms with Crippen LogP contribution in [-0.2, 0) is 0 Å². The predicted molar refractivity (Wildman–Crippen MR) is 65.7 cm³/mol. The van der Waals surface area contributed by atoms with E-state index in [-0.39, 0.29) is 5.54 Å². The summed E-state index contributed by atoms with van der Waals surface area (Å²) in [6.07, 6.45) is 5.36. The van der Waals surface area contributed by atoms with Gasteiger partial charge in [0.2, 0.25) is 5.95 Å². The molecule has 1 aromatic heterocycles. The lowest BCUT2D eigenvalue weighted by Crippen LogP contribution is -2.44. The van der Waals surface area contributed by atoms with Gasteiger partial charge in [0.05, 0.1) is 10.0 Å². The average molecular weight is 273 g/mol. The minimum absolute atomic E-state index is 0.0895. The van der Waals surface area contributed by atoms with E-state index in [1.54, 1.807) is 12.4 Å². The second kappa shape index (κ2) is 5.42. The number of nitrogens with two attached hydrogens (primary N) is 1. The molecule has 84 valence electrons. The van der Waals surface area contributed by atoms with Crippen molar-refractivity contribution in [2.75, 3.05) is 11.9 Å². The van der Waals surface area contributed by atoms with Crippen LogP contribution < -0.4 is 11.1 Å². The molecule has 1 heterocycles. The molecule has 0 spiro atoms. The fourth-order valence-electron chi connectivity index (χ4n) is 1.38. The molecule has 0 bridgehead atoms. The maximum absolute atomic E-state index is 5.78. The van der Waals surface area contributed by atoms with Gasteiger partial charge in [-0.25, -0.2) is 9.97 Å². The summed E-state index contributed by atoms with van der Waals surface area (Å²) in [5, 5.41) is 3.30. The minimum Gasteiger partial charge on any atom is -0.348 e. The number of hydrogen-bond donors (Lipinski definition) is 2. The summed E-state index contributed by atoms with van der Waals surface area (Å²) in [7, 11) is 0. The van der Waals surface area contributed by atoms with Gasteiger partial charge in [-0.1, -0.05) is 13.8 Å². The second-order valence-electron chi connectivity index (χ2n) is 3.54. The first-order chi connectivity index (χ1) is 7.15. The zero-order valence-electron chi connectivity index (χ0n) is 9.13. The molecule has 0 amide bonds. The molecule has 0 fully saturated rings. The molecular formula is C10H17BrN4. The van der Waals surface area contributed by atoms with Crippen molar-refractivity contribution in [3.05, 3.63) is 16.9 Å². The van der Waals surface area contributed by atoms with E-state index < -0.39 is 0 Å². The molecule has 0 aliphatic heterocycles. The molecule has 5 heteroatoms. The highest BCUT2D eigenvalue weighted by Crippen LogP contribution is 2.19. The molecular weight excluding hydrogens is 256 g/mol. The van der Waals surface area contributed by atoms with E-state index in [4.69, 9.17) is 5.73 Å². The Morgan fingerprint density at radius 3 is 2.27 bits per heavy atom. The van der Waals surface area contributed by atoms with Gasteiger partial charge in [-0.2, -0.15) is 0 Å². The van der Waals surface area contributed by atoms with Gasteiger partial charge in [-0.15, -0.1) is 0 Å². The second-order valence-corrected chi connectivity index (χ2v) is 4.46. The number of anilines is 1. The quantitative estimate of drug-likeness (QED) is 0.863. The first kappa shape index (κ1) is 12.4. The van der Waals surface area contributed by atoms with E-state index >= 15 is 0 Å². The predicted octanol–water partition coefficient (Wildman–Crippen LogP) is 2.17. The zero-order valence-corrected chi connectivity index (χ0v) is 10.7. The molecule has 4 nitrogen and oxygen atoms in total.